The van der Waals surface area contributed by atoms with E-state index in [1.165, 1.54) is 0 Å². The van der Waals surface area contributed by atoms with E-state index in [1.807, 2.05) is 93.6 Å². The van der Waals surface area contributed by atoms with Crippen molar-refractivity contribution in [3.8, 4) is 0 Å². The molecule has 0 aliphatic heterocycles. The van der Waals surface area contributed by atoms with E-state index in [9.17, 15) is 19.2 Å². The zero-order valence-electron chi connectivity index (χ0n) is 33.4. The first kappa shape index (κ1) is 45.5. The van der Waals surface area contributed by atoms with Crippen LogP contribution in [0.5, 0.6) is 0 Å². The number of rotatable bonds is 25. The molecule has 4 rings (SSSR count). The molecular formula is C44H55N3O7S2Si. The van der Waals surface area contributed by atoms with Gasteiger partial charge in [0.2, 0.25) is 0 Å². The SMILES string of the molecule is CCCCCC(=O)Cc1ccc(NC(=O)c2ccc(SSc3ccc(C(=O)Cc4ccc(NC(=O)NCCC[Si](OCC)(OCC)OCC)cc4)cc3)cc2)cc1. The number of unbranched alkanes of at least 4 members (excludes halogenated alkanes) is 2. The molecule has 0 aromatic heterocycles. The lowest BCUT2D eigenvalue weighted by molar-refractivity contribution is -0.118. The van der Waals surface area contributed by atoms with Crippen LogP contribution >= 0.6 is 21.6 Å². The van der Waals surface area contributed by atoms with Crippen molar-refractivity contribution >= 4 is 65.3 Å². The quantitative estimate of drug-likeness (QED) is 0.0258. The predicted molar refractivity (Wildman–Crippen MR) is 233 cm³/mol. The van der Waals surface area contributed by atoms with Gasteiger partial charge in [0.15, 0.2) is 5.78 Å². The topological polar surface area (TPSA) is 132 Å². The fraction of sp³-hybridized carbons (Fsp3) is 0.364. The van der Waals surface area contributed by atoms with Crippen LogP contribution in [-0.2, 0) is 30.9 Å². The molecule has 0 aliphatic carbocycles. The van der Waals surface area contributed by atoms with E-state index < -0.39 is 8.80 Å². The van der Waals surface area contributed by atoms with Gasteiger partial charge in [-0.2, -0.15) is 0 Å². The summed E-state index contributed by atoms with van der Waals surface area (Å²) in [5, 5.41) is 8.64. The standard InChI is InChI=1S/C44H55N3O7S2Si/c1-5-9-10-12-39(48)31-33-13-21-37(22-14-33)46-43(50)36-19-27-41(28-20-36)56-55-40-25-17-35(18-26-40)42(49)32-34-15-23-38(24-16-34)47-44(51)45-29-11-30-57(52-6-2,53-7-3)54-8-4/h13-28H,5-12,29-32H2,1-4H3,(H,46,50)(H2,45,47,51). The summed E-state index contributed by atoms with van der Waals surface area (Å²) in [4.78, 5) is 52.5. The second kappa shape index (κ2) is 24.5. The molecule has 4 aromatic carbocycles. The minimum absolute atomic E-state index is 0.00107. The van der Waals surface area contributed by atoms with Crippen molar-refractivity contribution in [3.05, 3.63) is 119 Å². The molecule has 0 fully saturated rings. The second-order valence-corrected chi connectivity index (χ2v) is 18.3. The third-order valence-electron chi connectivity index (χ3n) is 8.81. The number of carbonyl (C=O) groups is 4. The Morgan fingerprint density at radius 3 is 1.61 bits per heavy atom. The molecule has 0 spiro atoms. The number of hydrogen-bond donors (Lipinski definition) is 3. The lowest BCUT2D eigenvalue weighted by Crippen LogP contribution is -2.46. The van der Waals surface area contributed by atoms with E-state index in [4.69, 9.17) is 13.3 Å². The van der Waals surface area contributed by atoms with Crippen molar-refractivity contribution in [1.82, 2.24) is 5.32 Å². The van der Waals surface area contributed by atoms with Gasteiger partial charge in [-0.05, 0) is 105 Å². The van der Waals surface area contributed by atoms with Crippen LogP contribution in [0.15, 0.2) is 107 Å². The highest BCUT2D eigenvalue weighted by molar-refractivity contribution is 8.76. The summed E-state index contributed by atoms with van der Waals surface area (Å²) < 4.78 is 17.6. The minimum Gasteiger partial charge on any atom is -0.374 e. The number of carbonyl (C=O) groups excluding carboxylic acids is 4. The minimum atomic E-state index is -2.74. The fourth-order valence-electron chi connectivity index (χ4n) is 5.93. The maximum Gasteiger partial charge on any atom is 0.500 e. The highest BCUT2D eigenvalue weighted by atomic mass is 33.1. The Kier molecular flexibility index (Phi) is 19.5. The van der Waals surface area contributed by atoms with Crippen LogP contribution < -0.4 is 16.0 Å². The highest BCUT2D eigenvalue weighted by Crippen LogP contribution is 2.37. The summed E-state index contributed by atoms with van der Waals surface area (Å²) in [6.45, 7) is 9.87. The van der Waals surface area contributed by atoms with Crippen LogP contribution in [0.1, 0.15) is 91.6 Å². The zero-order valence-corrected chi connectivity index (χ0v) is 36.0. The van der Waals surface area contributed by atoms with Gasteiger partial charge in [-0.25, -0.2) is 4.79 Å². The number of hydrogen-bond acceptors (Lipinski definition) is 9. The Morgan fingerprint density at radius 2 is 1.09 bits per heavy atom. The summed E-state index contributed by atoms with van der Waals surface area (Å²) in [7, 11) is 0.396. The van der Waals surface area contributed by atoms with Crippen molar-refractivity contribution in [3.63, 3.8) is 0 Å². The number of ketones is 2. The number of Topliss-reactive ketones (excluding diaryl/α,β-unsaturated/α-hetero) is 2. The number of benzene rings is 4. The van der Waals surface area contributed by atoms with E-state index in [-0.39, 0.29) is 29.9 Å². The first-order chi connectivity index (χ1) is 27.6. The van der Waals surface area contributed by atoms with E-state index >= 15 is 0 Å². The third kappa shape index (κ3) is 15.9. The van der Waals surface area contributed by atoms with Crippen LogP contribution in [0.4, 0.5) is 16.2 Å². The summed E-state index contributed by atoms with van der Waals surface area (Å²) in [5.41, 5.74) is 4.28. The normalized spacial score (nSPS) is 11.2. The van der Waals surface area contributed by atoms with Crippen molar-refractivity contribution in [1.29, 1.82) is 0 Å². The monoisotopic (exact) mass is 829 g/mol. The molecule has 0 atom stereocenters. The lowest BCUT2D eigenvalue weighted by atomic mass is 10.0. The molecule has 304 valence electrons. The zero-order chi connectivity index (χ0) is 40.9. The van der Waals surface area contributed by atoms with Gasteiger partial charge >= 0.3 is 14.8 Å². The summed E-state index contributed by atoms with van der Waals surface area (Å²) in [6, 6.07) is 29.9. The van der Waals surface area contributed by atoms with Gasteiger partial charge in [-0.1, -0.05) is 77.8 Å². The van der Waals surface area contributed by atoms with Gasteiger partial charge in [-0.3, -0.25) is 14.4 Å². The van der Waals surface area contributed by atoms with E-state index in [2.05, 4.69) is 22.9 Å². The Balaban J connectivity index is 1.16. The molecule has 0 unspecified atom stereocenters. The molecule has 3 amide bonds. The largest absolute Gasteiger partial charge is 0.500 e. The van der Waals surface area contributed by atoms with Gasteiger partial charge in [0.1, 0.15) is 5.78 Å². The Hall–Kier alpha value is -4.24. The van der Waals surface area contributed by atoms with Gasteiger partial charge in [0, 0.05) is 84.0 Å². The van der Waals surface area contributed by atoms with Gasteiger partial charge in [0.25, 0.3) is 5.91 Å². The lowest BCUT2D eigenvalue weighted by Gasteiger charge is -2.28. The van der Waals surface area contributed by atoms with Crippen molar-refractivity contribution < 1.29 is 32.5 Å². The van der Waals surface area contributed by atoms with Gasteiger partial charge < -0.3 is 29.2 Å². The molecule has 0 saturated carbocycles. The maximum absolute atomic E-state index is 13.0. The number of amides is 3. The van der Waals surface area contributed by atoms with Crippen LogP contribution in [0.2, 0.25) is 6.04 Å². The molecule has 13 heteroatoms. The number of nitrogens with one attached hydrogen (secondary N) is 3. The molecule has 0 radical (unpaired) electrons. The first-order valence-electron chi connectivity index (χ1n) is 19.7. The van der Waals surface area contributed by atoms with Crippen molar-refractivity contribution in [2.24, 2.45) is 0 Å². The summed E-state index contributed by atoms with van der Waals surface area (Å²) in [5.74, 6) is 0.0435. The van der Waals surface area contributed by atoms with E-state index in [0.717, 1.165) is 40.2 Å². The molecule has 3 N–H and O–H groups in total. The van der Waals surface area contributed by atoms with Crippen LogP contribution in [0.25, 0.3) is 0 Å². The van der Waals surface area contributed by atoms with Crippen LogP contribution in [0.3, 0.4) is 0 Å². The average molecular weight is 830 g/mol. The summed E-state index contributed by atoms with van der Waals surface area (Å²) >= 11 is 0. The fourth-order valence-corrected chi connectivity index (χ4v) is 10.5. The molecule has 10 nitrogen and oxygen atoms in total. The van der Waals surface area contributed by atoms with Crippen molar-refractivity contribution in [2.45, 2.75) is 88.5 Å². The molecule has 0 aliphatic rings. The van der Waals surface area contributed by atoms with E-state index in [0.29, 0.717) is 74.2 Å². The Labute approximate surface area is 346 Å². The number of anilines is 2. The molecule has 57 heavy (non-hydrogen) atoms. The van der Waals surface area contributed by atoms with Gasteiger partial charge in [-0.15, -0.1) is 0 Å². The Morgan fingerprint density at radius 1 is 0.579 bits per heavy atom. The Bertz CT molecular complexity index is 1840. The van der Waals surface area contributed by atoms with Crippen molar-refractivity contribution in [2.75, 3.05) is 37.0 Å². The highest BCUT2D eigenvalue weighted by Gasteiger charge is 2.39. The van der Waals surface area contributed by atoms with Gasteiger partial charge in [0.05, 0.1) is 0 Å². The average Bonchev–Trinajstić information content (AvgIpc) is 3.21. The first-order valence-corrected chi connectivity index (χ1v) is 23.8. The smallest absolute Gasteiger partial charge is 0.374 e. The molecule has 4 aromatic rings. The maximum atomic E-state index is 13.0. The van der Waals surface area contributed by atoms with Crippen LogP contribution in [-0.4, -0.2) is 58.7 Å². The number of urea groups is 1. The van der Waals surface area contributed by atoms with E-state index in [1.54, 1.807) is 45.9 Å². The van der Waals surface area contributed by atoms with Crippen LogP contribution in [0, 0.1) is 0 Å². The third-order valence-corrected chi connectivity index (χ3v) is 14.4. The predicted octanol–water partition coefficient (Wildman–Crippen LogP) is 10.4. The summed E-state index contributed by atoms with van der Waals surface area (Å²) in [6.07, 6.45) is 5.04. The molecule has 0 heterocycles. The molecule has 0 bridgehead atoms. The second-order valence-electron chi connectivity index (χ2n) is 13.3. The molecule has 0 saturated heterocycles. The molecular weight excluding hydrogens is 775 g/mol.